The molecule has 0 atom stereocenters. The second-order valence-corrected chi connectivity index (χ2v) is 6.67. The van der Waals surface area contributed by atoms with Crippen molar-refractivity contribution in [2.24, 2.45) is 0 Å². The number of rotatable bonds is 7. The molecule has 24 heavy (non-hydrogen) atoms. The minimum absolute atomic E-state index is 0.154. The molecule has 0 aromatic heterocycles. The summed E-state index contributed by atoms with van der Waals surface area (Å²) in [6.07, 6.45) is 2.95. The van der Waals surface area contributed by atoms with Gasteiger partial charge in [0.05, 0.1) is 12.2 Å². The molecule has 0 radical (unpaired) electrons. The number of aryl methyl sites for hydroxylation is 1. The van der Waals surface area contributed by atoms with E-state index >= 15 is 0 Å². The first-order chi connectivity index (χ1) is 11.5. The summed E-state index contributed by atoms with van der Waals surface area (Å²) in [5, 5.41) is 9.63. The van der Waals surface area contributed by atoms with Crippen molar-refractivity contribution in [2.45, 2.75) is 52.4 Å². The maximum absolute atomic E-state index is 9.63. The Bertz CT molecular complexity index is 711. The molecule has 0 fully saturated rings. The monoisotopic (exact) mass is 321 g/mol. The Balaban J connectivity index is 2.48. The van der Waals surface area contributed by atoms with Gasteiger partial charge < -0.3 is 4.74 Å². The Morgan fingerprint density at radius 2 is 1.75 bits per heavy atom. The number of benzene rings is 2. The molecule has 0 spiro atoms. The predicted octanol–water partition coefficient (Wildman–Crippen LogP) is 5.63. The van der Waals surface area contributed by atoms with Gasteiger partial charge in [-0.15, -0.1) is 0 Å². The molecule has 2 rings (SSSR count). The molecule has 0 aliphatic rings. The Hall–Kier alpha value is -2.27. The van der Waals surface area contributed by atoms with Crippen molar-refractivity contribution in [3.8, 4) is 11.8 Å². The number of nitrogens with zero attached hydrogens (tertiary/aromatic N) is 1. The van der Waals surface area contributed by atoms with Crippen molar-refractivity contribution in [3.05, 3.63) is 64.7 Å². The van der Waals surface area contributed by atoms with Crippen LogP contribution >= 0.6 is 0 Å². The third-order valence-corrected chi connectivity index (χ3v) is 4.63. The fraction of sp³-hybridized carbons (Fsp3) is 0.409. The number of unbranched alkanes of at least 4 members (excludes halogenated alkanes) is 1. The quantitative estimate of drug-likeness (QED) is 0.620. The smallest absolute Gasteiger partial charge is 0.140 e. The molecule has 126 valence electrons. The van der Waals surface area contributed by atoms with Gasteiger partial charge in [0.1, 0.15) is 11.8 Å². The second kappa shape index (κ2) is 8.02. The van der Waals surface area contributed by atoms with Crippen LogP contribution in [0.1, 0.15) is 62.8 Å². The average Bonchev–Trinajstić information content (AvgIpc) is 2.62. The lowest BCUT2D eigenvalue weighted by Gasteiger charge is -2.27. The Kier molecular flexibility index (Phi) is 6.04. The van der Waals surface area contributed by atoms with E-state index in [1.54, 1.807) is 0 Å². The minimum atomic E-state index is -0.154. The summed E-state index contributed by atoms with van der Waals surface area (Å²) >= 11 is 0. The topological polar surface area (TPSA) is 33.0 Å². The molecule has 2 aromatic carbocycles. The number of hydrogen-bond donors (Lipinski definition) is 0. The molecular weight excluding hydrogens is 294 g/mol. The summed E-state index contributed by atoms with van der Waals surface area (Å²) in [5.74, 6) is 0.765. The van der Waals surface area contributed by atoms with Gasteiger partial charge in [-0.1, -0.05) is 70.5 Å². The first kappa shape index (κ1) is 18.1. The molecule has 0 aliphatic carbocycles. The van der Waals surface area contributed by atoms with Gasteiger partial charge in [0.15, 0.2) is 0 Å². The van der Waals surface area contributed by atoms with Gasteiger partial charge >= 0.3 is 0 Å². The summed E-state index contributed by atoms with van der Waals surface area (Å²) in [5.41, 5.74) is 4.01. The van der Waals surface area contributed by atoms with Gasteiger partial charge in [0.25, 0.3) is 0 Å². The first-order valence-electron chi connectivity index (χ1n) is 8.80. The van der Waals surface area contributed by atoms with E-state index < -0.39 is 0 Å². The van der Waals surface area contributed by atoms with E-state index in [4.69, 9.17) is 4.74 Å². The van der Waals surface area contributed by atoms with E-state index in [1.807, 2.05) is 12.1 Å². The van der Waals surface area contributed by atoms with E-state index in [-0.39, 0.29) is 5.41 Å². The molecule has 0 amide bonds. The van der Waals surface area contributed by atoms with Crippen LogP contribution in [0.2, 0.25) is 0 Å². The standard InChI is InChI=1S/C22H27NO/c1-5-7-13-24-21-17(6-2)14-20(15-18(21)16-23)22(3,4)19-11-9-8-10-12-19/h8-12,14-15H,5-7,13H2,1-4H3. The highest BCUT2D eigenvalue weighted by Crippen LogP contribution is 2.36. The van der Waals surface area contributed by atoms with Crippen LogP contribution in [-0.2, 0) is 11.8 Å². The molecule has 2 nitrogen and oxygen atoms in total. The van der Waals surface area contributed by atoms with Gasteiger partial charge in [-0.2, -0.15) is 5.26 Å². The van der Waals surface area contributed by atoms with Crippen LogP contribution in [-0.4, -0.2) is 6.61 Å². The zero-order chi connectivity index (χ0) is 17.6. The molecular formula is C22H27NO. The maximum atomic E-state index is 9.63. The molecule has 0 bridgehead atoms. The van der Waals surface area contributed by atoms with Crippen molar-refractivity contribution in [1.29, 1.82) is 5.26 Å². The zero-order valence-electron chi connectivity index (χ0n) is 15.2. The van der Waals surface area contributed by atoms with Crippen LogP contribution in [0, 0.1) is 11.3 Å². The summed E-state index contributed by atoms with van der Waals surface area (Å²) in [7, 11) is 0. The lowest BCUT2D eigenvalue weighted by atomic mass is 9.77. The fourth-order valence-corrected chi connectivity index (χ4v) is 2.91. The number of ether oxygens (including phenoxy) is 1. The van der Waals surface area contributed by atoms with Gasteiger partial charge in [0, 0.05) is 5.41 Å². The van der Waals surface area contributed by atoms with Crippen molar-refractivity contribution >= 4 is 0 Å². The Labute approximate surface area is 146 Å². The number of hydrogen-bond acceptors (Lipinski definition) is 2. The van der Waals surface area contributed by atoms with Crippen molar-refractivity contribution < 1.29 is 4.74 Å². The van der Waals surface area contributed by atoms with E-state index in [0.717, 1.165) is 36.1 Å². The SMILES string of the molecule is CCCCOc1c(C#N)cc(C(C)(C)c2ccccc2)cc1CC. The van der Waals surface area contributed by atoms with Crippen molar-refractivity contribution in [2.75, 3.05) is 6.61 Å². The normalized spacial score (nSPS) is 11.1. The van der Waals surface area contributed by atoms with Gasteiger partial charge in [-0.05, 0) is 35.6 Å². The molecule has 2 heteroatoms. The zero-order valence-corrected chi connectivity index (χ0v) is 15.2. The highest BCUT2D eigenvalue weighted by atomic mass is 16.5. The summed E-state index contributed by atoms with van der Waals surface area (Å²) in [6, 6.07) is 17.0. The summed E-state index contributed by atoms with van der Waals surface area (Å²) in [6.45, 7) is 9.33. The predicted molar refractivity (Wildman–Crippen MR) is 99.5 cm³/mol. The highest BCUT2D eigenvalue weighted by molar-refractivity contribution is 5.54. The molecule has 0 heterocycles. The van der Waals surface area contributed by atoms with Gasteiger partial charge in [0.2, 0.25) is 0 Å². The molecule has 0 unspecified atom stereocenters. The summed E-state index contributed by atoms with van der Waals surface area (Å²) < 4.78 is 5.94. The van der Waals surface area contributed by atoms with Crippen LogP contribution < -0.4 is 4.74 Å². The molecule has 0 aliphatic heterocycles. The fourth-order valence-electron chi connectivity index (χ4n) is 2.91. The van der Waals surface area contributed by atoms with Gasteiger partial charge in [-0.25, -0.2) is 0 Å². The Morgan fingerprint density at radius 1 is 1.04 bits per heavy atom. The van der Waals surface area contributed by atoms with Crippen LogP contribution in [0.25, 0.3) is 0 Å². The van der Waals surface area contributed by atoms with Crippen LogP contribution in [0.5, 0.6) is 5.75 Å². The first-order valence-corrected chi connectivity index (χ1v) is 8.80. The van der Waals surface area contributed by atoms with E-state index in [2.05, 4.69) is 64.1 Å². The molecule has 0 N–H and O–H groups in total. The average molecular weight is 321 g/mol. The molecule has 0 saturated carbocycles. The largest absolute Gasteiger partial charge is 0.492 e. The molecule has 0 saturated heterocycles. The van der Waals surface area contributed by atoms with E-state index in [1.165, 1.54) is 5.56 Å². The lowest BCUT2D eigenvalue weighted by molar-refractivity contribution is 0.305. The van der Waals surface area contributed by atoms with Crippen LogP contribution in [0.3, 0.4) is 0 Å². The Morgan fingerprint density at radius 3 is 2.33 bits per heavy atom. The molecule has 2 aromatic rings. The third kappa shape index (κ3) is 3.79. The van der Waals surface area contributed by atoms with Crippen LogP contribution in [0.15, 0.2) is 42.5 Å². The number of nitriles is 1. The summed E-state index contributed by atoms with van der Waals surface area (Å²) in [4.78, 5) is 0. The lowest BCUT2D eigenvalue weighted by Crippen LogP contribution is -2.19. The maximum Gasteiger partial charge on any atom is 0.140 e. The third-order valence-electron chi connectivity index (χ3n) is 4.63. The van der Waals surface area contributed by atoms with Crippen LogP contribution in [0.4, 0.5) is 0 Å². The minimum Gasteiger partial charge on any atom is -0.492 e. The second-order valence-electron chi connectivity index (χ2n) is 6.67. The van der Waals surface area contributed by atoms with E-state index in [0.29, 0.717) is 12.2 Å². The van der Waals surface area contributed by atoms with Gasteiger partial charge in [-0.3, -0.25) is 0 Å². The highest BCUT2D eigenvalue weighted by Gasteiger charge is 2.25. The van der Waals surface area contributed by atoms with Crippen molar-refractivity contribution in [1.82, 2.24) is 0 Å². The van der Waals surface area contributed by atoms with Crippen molar-refractivity contribution in [3.63, 3.8) is 0 Å². The van der Waals surface area contributed by atoms with E-state index in [9.17, 15) is 5.26 Å².